The lowest BCUT2D eigenvalue weighted by Crippen LogP contribution is -2.26. The van der Waals surface area contributed by atoms with Crippen LogP contribution in [0, 0.1) is 5.92 Å². The first kappa shape index (κ1) is 16.9. The van der Waals surface area contributed by atoms with Gasteiger partial charge in [-0.25, -0.2) is 9.97 Å². The third-order valence-electron chi connectivity index (χ3n) is 3.53. The Balaban J connectivity index is 1.91. The molecule has 2 rings (SSSR count). The molecular weight excluding hydrogens is 288 g/mol. The van der Waals surface area contributed by atoms with Gasteiger partial charge in [0.1, 0.15) is 11.5 Å². The van der Waals surface area contributed by atoms with Crippen molar-refractivity contribution in [3.8, 4) is 0 Å². The summed E-state index contributed by atoms with van der Waals surface area (Å²) in [6.07, 6.45) is 5.03. The molecule has 1 aromatic heterocycles. The van der Waals surface area contributed by atoms with Crippen molar-refractivity contribution >= 4 is 17.4 Å². The van der Waals surface area contributed by atoms with Gasteiger partial charge >= 0.3 is 0 Å². The maximum absolute atomic E-state index is 11.9. The normalized spacial score (nSPS) is 10.6. The van der Waals surface area contributed by atoms with Crippen LogP contribution in [0.4, 0.5) is 11.5 Å². The van der Waals surface area contributed by atoms with Gasteiger partial charge in [0.05, 0.1) is 12.4 Å². The van der Waals surface area contributed by atoms with E-state index < -0.39 is 0 Å². The largest absolute Gasteiger partial charge is 0.351 e. The Morgan fingerprint density at radius 2 is 1.87 bits per heavy atom. The van der Waals surface area contributed by atoms with E-state index in [9.17, 15) is 4.79 Å². The van der Waals surface area contributed by atoms with E-state index in [0.29, 0.717) is 24.0 Å². The zero-order valence-electron chi connectivity index (χ0n) is 14.0. The molecule has 1 heterocycles. The number of carbonyl (C=O) groups excluding carboxylic acids is 1. The molecule has 0 atom stereocenters. The monoisotopic (exact) mass is 312 g/mol. The van der Waals surface area contributed by atoms with Crippen LogP contribution in [0.25, 0.3) is 0 Å². The summed E-state index contributed by atoms with van der Waals surface area (Å²) in [5.74, 6) is 0.997. The highest BCUT2D eigenvalue weighted by Crippen LogP contribution is 2.14. The molecule has 0 aliphatic rings. The number of carbonyl (C=O) groups is 1. The molecule has 0 radical (unpaired) electrons. The maximum Gasteiger partial charge on any atom is 0.271 e. The van der Waals surface area contributed by atoms with Gasteiger partial charge in [0.2, 0.25) is 0 Å². The Kier molecular flexibility index (Phi) is 6.09. The highest BCUT2D eigenvalue weighted by molar-refractivity contribution is 5.92. The summed E-state index contributed by atoms with van der Waals surface area (Å²) in [6, 6.07) is 8.17. The van der Waals surface area contributed by atoms with Crippen LogP contribution in [0.2, 0.25) is 0 Å². The van der Waals surface area contributed by atoms with Crippen LogP contribution in [0.3, 0.4) is 0 Å². The summed E-state index contributed by atoms with van der Waals surface area (Å²) in [5.41, 5.74) is 2.57. The molecule has 5 heteroatoms. The van der Waals surface area contributed by atoms with Crippen LogP contribution >= 0.6 is 0 Å². The highest BCUT2D eigenvalue weighted by atomic mass is 16.1. The minimum atomic E-state index is -0.183. The average Bonchev–Trinajstić information content (AvgIpc) is 2.56. The Morgan fingerprint density at radius 3 is 2.43 bits per heavy atom. The van der Waals surface area contributed by atoms with Crippen molar-refractivity contribution in [2.75, 3.05) is 11.9 Å². The molecule has 0 fully saturated rings. The molecule has 2 aromatic rings. The third-order valence-corrected chi connectivity index (χ3v) is 3.53. The molecule has 1 aromatic carbocycles. The van der Waals surface area contributed by atoms with E-state index >= 15 is 0 Å². The Labute approximate surface area is 137 Å². The molecule has 0 aliphatic heterocycles. The van der Waals surface area contributed by atoms with Gasteiger partial charge in [-0.1, -0.05) is 32.9 Å². The first-order chi connectivity index (χ1) is 11.1. The summed E-state index contributed by atoms with van der Waals surface area (Å²) >= 11 is 0. The summed E-state index contributed by atoms with van der Waals surface area (Å²) in [6.45, 7) is 7.03. The minimum absolute atomic E-state index is 0.183. The number of rotatable bonds is 7. The van der Waals surface area contributed by atoms with Gasteiger partial charge in [0, 0.05) is 12.2 Å². The fourth-order valence-electron chi connectivity index (χ4n) is 2.05. The van der Waals surface area contributed by atoms with Gasteiger partial charge < -0.3 is 10.6 Å². The van der Waals surface area contributed by atoms with Crippen molar-refractivity contribution in [1.82, 2.24) is 15.3 Å². The Hall–Kier alpha value is -2.43. The minimum Gasteiger partial charge on any atom is -0.351 e. The smallest absolute Gasteiger partial charge is 0.271 e. The summed E-state index contributed by atoms with van der Waals surface area (Å²) in [5, 5.41) is 6.02. The number of nitrogens with zero attached hydrogens (tertiary/aromatic N) is 2. The summed E-state index contributed by atoms with van der Waals surface area (Å²) in [4.78, 5) is 20.3. The molecule has 0 saturated heterocycles. The Bertz CT molecular complexity index is 620. The van der Waals surface area contributed by atoms with Crippen LogP contribution in [0.15, 0.2) is 36.7 Å². The molecule has 0 aliphatic carbocycles. The van der Waals surface area contributed by atoms with Crippen molar-refractivity contribution in [2.24, 2.45) is 5.92 Å². The zero-order chi connectivity index (χ0) is 16.7. The quantitative estimate of drug-likeness (QED) is 0.820. The van der Waals surface area contributed by atoms with E-state index in [2.05, 4.69) is 53.5 Å². The number of aryl methyl sites for hydroxylation is 1. The first-order valence-corrected chi connectivity index (χ1v) is 8.04. The molecule has 1 amide bonds. The standard InChI is InChI=1S/C18H24N4O/c1-4-14-5-7-15(8-6-14)22-17-12-20-16(11-21-17)18(23)19-10-9-13(2)3/h5-8,11-13H,4,9-10H2,1-3H3,(H,19,23)(H,21,22). The van der Waals surface area contributed by atoms with Gasteiger partial charge in [0.25, 0.3) is 5.91 Å². The second-order valence-electron chi connectivity index (χ2n) is 5.90. The van der Waals surface area contributed by atoms with Crippen LogP contribution < -0.4 is 10.6 Å². The zero-order valence-corrected chi connectivity index (χ0v) is 14.0. The number of aromatic nitrogens is 2. The van der Waals surface area contributed by atoms with Gasteiger partial charge in [-0.3, -0.25) is 4.79 Å². The fourth-order valence-corrected chi connectivity index (χ4v) is 2.05. The third kappa shape index (κ3) is 5.36. The van der Waals surface area contributed by atoms with Gasteiger partial charge in [-0.2, -0.15) is 0 Å². The second-order valence-corrected chi connectivity index (χ2v) is 5.90. The van der Waals surface area contributed by atoms with Gasteiger partial charge in [-0.05, 0) is 36.5 Å². The second kappa shape index (κ2) is 8.27. The number of hydrogen-bond acceptors (Lipinski definition) is 4. The van der Waals surface area contributed by atoms with Gasteiger partial charge in [0.15, 0.2) is 0 Å². The predicted octanol–water partition coefficient (Wildman–Crippen LogP) is 3.56. The summed E-state index contributed by atoms with van der Waals surface area (Å²) in [7, 11) is 0. The molecule has 0 spiro atoms. The number of hydrogen-bond donors (Lipinski definition) is 2. The molecule has 0 bridgehead atoms. The van der Waals surface area contributed by atoms with E-state index in [-0.39, 0.29) is 5.91 Å². The van der Waals surface area contributed by atoms with Gasteiger partial charge in [-0.15, -0.1) is 0 Å². The number of anilines is 2. The van der Waals surface area contributed by atoms with Crippen molar-refractivity contribution in [3.63, 3.8) is 0 Å². The highest BCUT2D eigenvalue weighted by Gasteiger charge is 2.08. The summed E-state index contributed by atoms with van der Waals surface area (Å²) < 4.78 is 0. The van der Waals surface area contributed by atoms with Crippen LogP contribution in [-0.4, -0.2) is 22.4 Å². The molecule has 122 valence electrons. The Morgan fingerprint density at radius 1 is 1.13 bits per heavy atom. The number of benzene rings is 1. The SMILES string of the molecule is CCc1ccc(Nc2cnc(C(=O)NCCC(C)C)cn2)cc1. The number of amides is 1. The lowest BCUT2D eigenvalue weighted by molar-refractivity contribution is 0.0946. The van der Waals surface area contributed by atoms with Crippen LogP contribution in [-0.2, 0) is 6.42 Å². The van der Waals surface area contributed by atoms with Crippen molar-refractivity contribution in [1.29, 1.82) is 0 Å². The number of nitrogens with one attached hydrogen (secondary N) is 2. The topological polar surface area (TPSA) is 66.9 Å². The molecule has 2 N–H and O–H groups in total. The van der Waals surface area contributed by atoms with E-state index in [4.69, 9.17) is 0 Å². The molecule has 23 heavy (non-hydrogen) atoms. The lowest BCUT2D eigenvalue weighted by Gasteiger charge is -2.08. The van der Waals surface area contributed by atoms with E-state index in [1.165, 1.54) is 11.8 Å². The fraction of sp³-hybridized carbons (Fsp3) is 0.389. The van der Waals surface area contributed by atoms with E-state index in [0.717, 1.165) is 18.5 Å². The lowest BCUT2D eigenvalue weighted by atomic mass is 10.1. The van der Waals surface area contributed by atoms with Crippen LogP contribution in [0.5, 0.6) is 0 Å². The van der Waals surface area contributed by atoms with E-state index in [1.807, 2.05) is 12.1 Å². The van der Waals surface area contributed by atoms with Crippen LogP contribution in [0.1, 0.15) is 43.2 Å². The van der Waals surface area contributed by atoms with Crippen molar-refractivity contribution in [2.45, 2.75) is 33.6 Å². The predicted molar refractivity (Wildman–Crippen MR) is 92.9 cm³/mol. The molecular formula is C18H24N4O. The van der Waals surface area contributed by atoms with E-state index in [1.54, 1.807) is 6.20 Å². The molecule has 0 unspecified atom stereocenters. The first-order valence-electron chi connectivity index (χ1n) is 8.04. The average molecular weight is 312 g/mol. The van der Waals surface area contributed by atoms with Crippen molar-refractivity contribution < 1.29 is 4.79 Å². The molecule has 5 nitrogen and oxygen atoms in total. The van der Waals surface area contributed by atoms with Crippen molar-refractivity contribution in [3.05, 3.63) is 47.9 Å². The molecule has 0 saturated carbocycles. The maximum atomic E-state index is 11.9.